The fourth-order valence-corrected chi connectivity index (χ4v) is 2.55. The van der Waals surface area contributed by atoms with E-state index in [1.165, 1.54) is 0 Å². The molecule has 13 heavy (non-hydrogen) atoms. The minimum atomic E-state index is -0.360. The van der Waals surface area contributed by atoms with E-state index in [4.69, 9.17) is 16.3 Å². The number of hydrogen-bond donors (Lipinski definition) is 1. The molecule has 0 saturated carbocycles. The molecule has 0 aromatic carbocycles. The van der Waals surface area contributed by atoms with Gasteiger partial charge in [0.2, 0.25) is 0 Å². The second kappa shape index (κ2) is 3.55. The number of amides is 1. The van der Waals surface area contributed by atoms with E-state index in [1.54, 1.807) is 11.3 Å². The Morgan fingerprint density at radius 2 is 2.54 bits per heavy atom. The van der Waals surface area contributed by atoms with Crippen LogP contribution in [0.5, 0.6) is 0 Å². The van der Waals surface area contributed by atoms with Crippen molar-refractivity contribution in [3.8, 4) is 0 Å². The number of carbonyl (C=O) groups is 1. The summed E-state index contributed by atoms with van der Waals surface area (Å²) in [5, 5.41) is 5.36. The van der Waals surface area contributed by atoms with Crippen molar-refractivity contribution < 1.29 is 9.53 Å². The van der Waals surface area contributed by atoms with Crippen molar-refractivity contribution in [2.24, 2.45) is 0 Å². The Labute approximate surface area is 84.7 Å². The third-order valence-electron chi connectivity index (χ3n) is 1.89. The minimum absolute atomic E-state index is 0.0220. The maximum absolute atomic E-state index is 10.9. The molecule has 0 spiro atoms. The number of thiophene rings is 1. The third-order valence-corrected chi connectivity index (χ3v) is 3.37. The molecule has 1 fully saturated rings. The zero-order valence-electron chi connectivity index (χ0n) is 6.75. The lowest BCUT2D eigenvalue weighted by atomic mass is 10.1. The van der Waals surface area contributed by atoms with E-state index < -0.39 is 0 Å². The summed E-state index contributed by atoms with van der Waals surface area (Å²) in [6.45, 7) is 0.463. The van der Waals surface area contributed by atoms with Gasteiger partial charge in [-0.2, -0.15) is 0 Å². The van der Waals surface area contributed by atoms with Crippen LogP contribution in [0.25, 0.3) is 0 Å². The normalized spacial score (nSPS) is 22.2. The third kappa shape index (κ3) is 1.78. The SMILES string of the molecule is O=C1NC(c2sccc2Cl)CCO1. The maximum Gasteiger partial charge on any atom is 0.407 e. The predicted octanol–water partition coefficient (Wildman–Crippen LogP) is 2.57. The molecule has 0 bridgehead atoms. The van der Waals surface area contributed by atoms with Crippen molar-refractivity contribution in [1.29, 1.82) is 0 Å². The quantitative estimate of drug-likeness (QED) is 0.785. The van der Waals surface area contributed by atoms with Crippen molar-refractivity contribution in [2.75, 3.05) is 6.61 Å². The Morgan fingerprint density at radius 3 is 3.15 bits per heavy atom. The number of nitrogens with one attached hydrogen (secondary N) is 1. The molecule has 0 aliphatic carbocycles. The standard InChI is InChI=1S/C8H8ClNO2S/c9-5-2-4-13-7(5)6-1-3-12-8(11)10-6/h2,4,6H,1,3H2,(H,10,11). The Balaban J connectivity index is 2.17. The van der Waals surface area contributed by atoms with E-state index in [9.17, 15) is 4.79 Å². The van der Waals surface area contributed by atoms with Crippen molar-refractivity contribution in [1.82, 2.24) is 5.32 Å². The Kier molecular flexibility index (Phi) is 2.42. The molecule has 3 nitrogen and oxygen atoms in total. The molecule has 5 heteroatoms. The number of alkyl carbamates (subject to hydrolysis) is 1. The first-order valence-corrected chi connectivity index (χ1v) is 5.19. The van der Waals surface area contributed by atoms with Gasteiger partial charge < -0.3 is 10.1 Å². The molecule has 2 heterocycles. The highest BCUT2D eigenvalue weighted by atomic mass is 35.5. The van der Waals surface area contributed by atoms with Gasteiger partial charge in [0.05, 0.1) is 17.7 Å². The number of ether oxygens (including phenoxy) is 1. The summed E-state index contributed by atoms with van der Waals surface area (Å²) < 4.78 is 4.76. The molecule has 2 rings (SSSR count). The van der Waals surface area contributed by atoms with Crippen LogP contribution in [-0.2, 0) is 4.74 Å². The van der Waals surface area contributed by atoms with Crippen molar-refractivity contribution in [3.63, 3.8) is 0 Å². The number of cyclic esters (lactones) is 1. The van der Waals surface area contributed by atoms with Gasteiger partial charge in [0.15, 0.2) is 0 Å². The lowest BCUT2D eigenvalue weighted by molar-refractivity contribution is 0.116. The van der Waals surface area contributed by atoms with Gasteiger partial charge in [-0.25, -0.2) is 4.79 Å². The van der Waals surface area contributed by atoms with Gasteiger partial charge in [0, 0.05) is 11.3 Å². The summed E-state index contributed by atoms with van der Waals surface area (Å²) in [5.41, 5.74) is 0. The van der Waals surface area contributed by atoms with Crippen LogP contribution in [-0.4, -0.2) is 12.7 Å². The van der Waals surface area contributed by atoms with Gasteiger partial charge in [0.1, 0.15) is 0 Å². The summed E-state index contributed by atoms with van der Waals surface area (Å²) in [5.74, 6) is 0. The van der Waals surface area contributed by atoms with E-state index in [-0.39, 0.29) is 12.1 Å². The van der Waals surface area contributed by atoms with Crippen LogP contribution in [0.2, 0.25) is 5.02 Å². The largest absolute Gasteiger partial charge is 0.449 e. The van der Waals surface area contributed by atoms with Crippen molar-refractivity contribution in [3.05, 3.63) is 21.3 Å². The second-order valence-electron chi connectivity index (χ2n) is 2.75. The van der Waals surface area contributed by atoms with Crippen LogP contribution in [0.15, 0.2) is 11.4 Å². The fourth-order valence-electron chi connectivity index (χ4n) is 1.28. The molecule has 1 unspecified atom stereocenters. The molecule has 1 amide bonds. The minimum Gasteiger partial charge on any atom is -0.449 e. The highest BCUT2D eigenvalue weighted by Crippen LogP contribution is 2.31. The van der Waals surface area contributed by atoms with Crippen LogP contribution in [0, 0.1) is 0 Å². The van der Waals surface area contributed by atoms with Gasteiger partial charge in [-0.1, -0.05) is 11.6 Å². The molecule has 1 aromatic heterocycles. The predicted molar refractivity (Wildman–Crippen MR) is 51.2 cm³/mol. The van der Waals surface area contributed by atoms with Gasteiger partial charge in [-0.3, -0.25) is 0 Å². The van der Waals surface area contributed by atoms with E-state index in [0.29, 0.717) is 6.61 Å². The van der Waals surface area contributed by atoms with E-state index >= 15 is 0 Å². The maximum atomic E-state index is 10.9. The molecule has 1 N–H and O–H groups in total. The molecule has 70 valence electrons. The second-order valence-corrected chi connectivity index (χ2v) is 4.11. The Morgan fingerprint density at radius 1 is 1.69 bits per heavy atom. The summed E-state index contributed by atoms with van der Waals surface area (Å²) in [6, 6.07) is 1.86. The Hall–Kier alpha value is -0.740. The lowest BCUT2D eigenvalue weighted by Crippen LogP contribution is -2.34. The number of halogens is 1. The molecule has 0 radical (unpaired) electrons. The average molecular weight is 218 g/mol. The van der Waals surface area contributed by atoms with Crippen LogP contribution in [0.1, 0.15) is 17.3 Å². The molecule has 1 saturated heterocycles. The van der Waals surface area contributed by atoms with Crippen LogP contribution < -0.4 is 5.32 Å². The van der Waals surface area contributed by atoms with E-state index in [2.05, 4.69) is 5.32 Å². The van der Waals surface area contributed by atoms with Gasteiger partial charge >= 0.3 is 6.09 Å². The molecule has 1 aromatic rings. The van der Waals surface area contributed by atoms with E-state index in [1.807, 2.05) is 11.4 Å². The number of carbonyl (C=O) groups excluding carboxylic acids is 1. The molecule has 1 atom stereocenters. The highest BCUT2D eigenvalue weighted by molar-refractivity contribution is 7.10. The van der Waals surface area contributed by atoms with Crippen molar-refractivity contribution in [2.45, 2.75) is 12.5 Å². The topological polar surface area (TPSA) is 38.3 Å². The molecule has 1 aliphatic rings. The number of rotatable bonds is 1. The van der Waals surface area contributed by atoms with Crippen LogP contribution >= 0.6 is 22.9 Å². The molecule has 1 aliphatic heterocycles. The van der Waals surface area contributed by atoms with Gasteiger partial charge in [-0.15, -0.1) is 11.3 Å². The van der Waals surface area contributed by atoms with Gasteiger partial charge in [0.25, 0.3) is 0 Å². The van der Waals surface area contributed by atoms with Crippen LogP contribution in [0.4, 0.5) is 4.79 Å². The first-order chi connectivity index (χ1) is 6.27. The summed E-state index contributed by atoms with van der Waals surface area (Å²) >= 11 is 7.50. The molecular weight excluding hydrogens is 210 g/mol. The van der Waals surface area contributed by atoms with E-state index in [0.717, 1.165) is 16.3 Å². The van der Waals surface area contributed by atoms with Gasteiger partial charge in [-0.05, 0) is 11.4 Å². The highest BCUT2D eigenvalue weighted by Gasteiger charge is 2.23. The summed E-state index contributed by atoms with van der Waals surface area (Å²) in [6.07, 6.45) is 0.423. The number of hydrogen-bond acceptors (Lipinski definition) is 3. The first-order valence-electron chi connectivity index (χ1n) is 3.93. The van der Waals surface area contributed by atoms with Crippen LogP contribution in [0.3, 0.4) is 0 Å². The zero-order chi connectivity index (χ0) is 9.26. The lowest BCUT2D eigenvalue weighted by Gasteiger charge is -2.22. The Bertz CT molecular complexity index is 326. The molecular formula is C8H8ClNO2S. The summed E-state index contributed by atoms with van der Waals surface area (Å²) in [4.78, 5) is 11.9. The smallest absolute Gasteiger partial charge is 0.407 e. The zero-order valence-corrected chi connectivity index (χ0v) is 8.32. The summed E-state index contributed by atoms with van der Waals surface area (Å²) in [7, 11) is 0. The first kappa shape index (κ1) is 8.84. The fraction of sp³-hybridized carbons (Fsp3) is 0.375. The van der Waals surface area contributed by atoms with Crippen molar-refractivity contribution >= 4 is 29.0 Å². The average Bonchev–Trinajstić information content (AvgIpc) is 2.51. The monoisotopic (exact) mass is 217 g/mol.